The Morgan fingerprint density at radius 2 is 1.90 bits per heavy atom. The predicted molar refractivity (Wildman–Crippen MR) is 80.9 cm³/mol. The smallest absolute Gasteiger partial charge is 0.279 e. The monoisotopic (exact) mass is 396 g/mol. The van der Waals surface area contributed by atoms with Crippen LogP contribution in [0.25, 0.3) is 0 Å². The van der Waals surface area contributed by atoms with Gasteiger partial charge in [-0.05, 0) is 24.3 Å². The van der Waals surface area contributed by atoms with Crippen molar-refractivity contribution in [3.63, 3.8) is 0 Å². The maximum Gasteiger partial charge on any atom is 0.300 e. The third kappa shape index (κ3) is 3.29. The van der Waals surface area contributed by atoms with Crippen LogP contribution in [0.15, 0.2) is 39.0 Å². The van der Waals surface area contributed by atoms with Gasteiger partial charge >= 0.3 is 0 Å². The van der Waals surface area contributed by atoms with Gasteiger partial charge in [0.2, 0.25) is 0 Å². The third-order valence-corrected chi connectivity index (χ3v) is 5.93. The van der Waals surface area contributed by atoms with Crippen molar-refractivity contribution in [2.45, 2.75) is 4.21 Å². The molecule has 10 heteroatoms. The predicted octanol–water partition coefficient (Wildman–Crippen LogP) is 3.87. The molecule has 0 saturated heterocycles. The molecule has 1 aromatic heterocycles. The highest BCUT2D eigenvalue weighted by atomic mass is 79.9. The van der Waals surface area contributed by atoms with Crippen LogP contribution >= 0.6 is 38.9 Å². The van der Waals surface area contributed by atoms with Gasteiger partial charge in [-0.1, -0.05) is 27.5 Å². The Morgan fingerprint density at radius 3 is 2.40 bits per heavy atom. The molecule has 0 spiro atoms. The first-order valence-corrected chi connectivity index (χ1v) is 8.49. The summed E-state index contributed by atoms with van der Waals surface area (Å²) in [6, 6.07) is 7.40. The Hall–Kier alpha value is -1.16. The van der Waals surface area contributed by atoms with Gasteiger partial charge in [-0.2, -0.15) is 0 Å². The lowest BCUT2D eigenvalue weighted by molar-refractivity contribution is -0.384. The van der Waals surface area contributed by atoms with Crippen LogP contribution in [0, 0.1) is 10.1 Å². The van der Waals surface area contributed by atoms with Crippen molar-refractivity contribution >= 4 is 60.3 Å². The highest BCUT2D eigenvalue weighted by Gasteiger charge is 2.25. The minimum Gasteiger partial charge on any atom is -0.279 e. The summed E-state index contributed by atoms with van der Waals surface area (Å²) in [5, 5.41) is 10.7. The number of sulfonamides is 1. The SMILES string of the molecule is O=[N+]([O-])c1cc(S(=O)(=O)Nc2ccc(Br)cc2)sc1Cl. The van der Waals surface area contributed by atoms with Gasteiger partial charge in [-0.25, -0.2) is 8.42 Å². The molecule has 1 aromatic carbocycles. The zero-order chi connectivity index (χ0) is 14.9. The molecule has 0 saturated carbocycles. The lowest BCUT2D eigenvalue weighted by Gasteiger charge is -2.05. The first-order valence-electron chi connectivity index (χ1n) is 5.02. The normalized spacial score (nSPS) is 11.3. The fourth-order valence-corrected chi connectivity index (χ4v) is 4.31. The lowest BCUT2D eigenvalue weighted by atomic mass is 10.3. The molecule has 0 atom stereocenters. The van der Waals surface area contributed by atoms with Crippen molar-refractivity contribution in [1.82, 2.24) is 0 Å². The van der Waals surface area contributed by atoms with E-state index in [1.165, 1.54) is 0 Å². The second-order valence-electron chi connectivity index (χ2n) is 3.59. The van der Waals surface area contributed by atoms with Crippen molar-refractivity contribution in [2.75, 3.05) is 4.72 Å². The fourth-order valence-electron chi connectivity index (χ4n) is 1.32. The zero-order valence-corrected chi connectivity index (χ0v) is 13.5. The molecule has 0 fully saturated rings. The molecular weight excluding hydrogens is 392 g/mol. The van der Waals surface area contributed by atoms with E-state index in [-0.39, 0.29) is 8.55 Å². The molecule has 0 aliphatic heterocycles. The Bertz CT molecular complexity index is 758. The number of nitrogens with one attached hydrogen (secondary N) is 1. The minimum absolute atomic E-state index is 0.175. The Balaban J connectivity index is 2.33. The molecule has 0 bridgehead atoms. The molecule has 0 unspecified atom stereocenters. The number of halogens is 2. The average Bonchev–Trinajstić information content (AvgIpc) is 2.75. The summed E-state index contributed by atoms with van der Waals surface area (Å²) in [4.78, 5) is 9.94. The van der Waals surface area contributed by atoms with E-state index in [0.29, 0.717) is 17.0 Å². The number of nitro groups is 1. The number of thiophene rings is 1. The minimum atomic E-state index is -3.90. The first kappa shape index (κ1) is 15.2. The summed E-state index contributed by atoms with van der Waals surface area (Å²) in [6.45, 7) is 0. The van der Waals surface area contributed by atoms with Gasteiger partial charge in [0.25, 0.3) is 15.7 Å². The second kappa shape index (κ2) is 5.68. The van der Waals surface area contributed by atoms with E-state index >= 15 is 0 Å². The number of benzene rings is 1. The number of nitrogens with zero attached hydrogens (tertiary/aromatic N) is 1. The number of anilines is 1. The van der Waals surface area contributed by atoms with Gasteiger partial charge < -0.3 is 0 Å². The molecule has 106 valence electrons. The van der Waals surface area contributed by atoms with E-state index in [1.54, 1.807) is 24.3 Å². The molecule has 2 aromatic rings. The quantitative estimate of drug-likeness (QED) is 0.626. The van der Waals surface area contributed by atoms with E-state index in [4.69, 9.17) is 11.6 Å². The van der Waals surface area contributed by atoms with Crippen LogP contribution in [0.1, 0.15) is 0 Å². The van der Waals surface area contributed by atoms with E-state index in [2.05, 4.69) is 20.7 Å². The van der Waals surface area contributed by atoms with Crippen LogP contribution in [0.2, 0.25) is 4.34 Å². The van der Waals surface area contributed by atoms with Crippen LogP contribution < -0.4 is 4.72 Å². The third-order valence-electron chi connectivity index (χ3n) is 2.20. The van der Waals surface area contributed by atoms with Crippen LogP contribution in [-0.2, 0) is 10.0 Å². The fraction of sp³-hybridized carbons (Fsp3) is 0. The number of hydrogen-bond donors (Lipinski definition) is 1. The van der Waals surface area contributed by atoms with Crippen LogP contribution in [0.5, 0.6) is 0 Å². The first-order chi connectivity index (χ1) is 9.29. The van der Waals surface area contributed by atoms with Crippen LogP contribution in [0.3, 0.4) is 0 Å². The van der Waals surface area contributed by atoms with Gasteiger partial charge in [-0.3, -0.25) is 14.8 Å². The van der Waals surface area contributed by atoms with Crippen molar-refractivity contribution in [1.29, 1.82) is 0 Å². The van der Waals surface area contributed by atoms with E-state index in [0.717, 1.165) is 10.5 Å². The largest absolute Gasteiger partial charge is 0.300 e. The van der Waals surface area contributed by atoms with Crippen molar-refractivity contribution < 1.29 is 13.3 Å². The summed E-state index contributed by atoms with van der Waals surface area (Å²) in [7, 11) is -3.90. The molecule has 1 N–H and O–H groups in total. The van der Waals surface area contributed by atoms with Gasteiger partial charge in [0.05, 0.1) is 4.92 Å². The molecule has 2 rings (SSSR count). The number of rotatable bonds is 4. The zero-order valence-electron chi connectivity index (χ0n) is 9.54. The van der Waals surface area contributed by atoms with Crippen molar-refractivity contribution in [3.05, 3.63) is 49.3 Å². The van der Waals surface area contributed by atoms with E-state index in [9.17, 15) is 18.5 Å². The Kier molecular flexibility index (Phi) is 4.33. The summed E-state index contributed by atoms with van der Waals surface area (Å²) >= 11 is 9.52. The standard InChI is InChI=1S/C10H6BrClN2O4S2/c11-6-1-3-7(4-2-6)13-20(17,18)9-5-8(14(15)16)10(12)19-9/h1-5,13H. The van der Waals surface area contributed by atoms with Crippen LogP contribution in [-0.4, -0.2) is 13.3 Å². The van der Waals surface area contributed by atoms with Crippen molar-refractivity contribution in [3.8, 4) is 0 Å². The van der Waals surface area contributed by atoms with Gasteiger partial charge in [-0.15, -0.1) is 11.3 Å². The number of hydrogen-bond acceptors (Lipinski definition) is 5. The van der Waals surface area contributed by atoms with Gasteiger partial charge in [0, 0.05) is 16.2 Å². The highest BCUT2D eigenvalue weighted by Crippen LogP contribution is 2.36. The summed E-state index contributed by atoms with van der Waals surface area (Å²) in [5.41, 5.74) is -0.0757. The van der Waals surface area contributed by atoms with E-state index in [1.807, 2.05) is 0 Å². The molecule has 0 amide bonds. The van der Waals surface area contributed by atoms with Crippen LogP contribution in [0.4, 0.5) is 11.4 Å². The average molecular weight is 398 g/mol. The Morgan fingerprint density at radius 1 is 1.30 bits per heavy atom. The summed E-state index contributed by atoms with van der Waals surface area (Å²) in [5.74, 6) is 0. The molecule has 0 aliphatic rings. The molecule has 1 heterocycles. The maximum absolute atomic E-state index is 12.1. The Labute approximate surface area is 131 Å². The summed E-state index contributed by atoms with van der Waals surface area (Å²) in [6.07, 6.45) is 0. The topological polar surface area (TPSA) is 89.3 Å². The lowest BCUT2D eigenvalue weighted by Crippen LogP contribution is -2.11. The maximum atomic E-state index is 12.1. The van der Waals surface area contributed by atoms with Gasteiger partial charge in [0.15, 0.2) is 4.34 Å². The van der Waals surface area contributed by atoms with Crippen molar-refractivity contribution in [2.24, 2.45) is 0 Å². The molecule has 20 heavy (non-hydrogen) atoms. The second-order valence-corrected chi connectivity index (χ2v) is 8.07. The summed E-state index contributed by atoms with van der Waals surface area (Å²) < 4.78 is 26.9. The molecule has 6 nitrogen and oxygen atoms in total. The molecule has 0 radical (unpaired) electrons. The highest BCUT2D eigenvalue weighted by molar-refractivity contribution is 9.10. The van der Waals surface area contributed by atoms with Gasteiger partial charge in [0.1, 0.15) is 4.21 Å². The molecule has 0 aliphatic carbocycles. The van der Waals surface area contributed by atoms with E-state index < -0.39 is 20.6 Å². The molecular formula is C10H6BrClN2O4S2.